The molecule has 230 valence electrons. The van der Waals surface area contributed by atoms with E-state index in [0.717, 1.165) is 29.4 Å². The lowest BCUT2D eigenvalue weighted by Gasteiger charge is -2.38. The highest BCUT2D eigenvalue weighted by Crippen LogP contribution is 2.31. The van der Waals surface area contributed by atoms with Crippen LogP contribution in [0.5, 0.6) is 5.75 Å². The lowest BCUT2D eigenvalue weighted by atomic mass is 9.99. The number of anilines is 2. The summed E-state index contributed by atoms with van der Waals surface area (Å²) < 4.78 is 6.42. The van der Waals surface area contributed by atoms with Crippen LogP contribution in [0.1, 0.15) is 37.0 Å². The summed E-state index contributed by atoms with van der Waals surface area (Å²) in [7, 11) is 5.63. The van der Waals surface area contributed by atoms with Gasteiger partial charge in [0.25, 0.3) is 5.91 Å². The second-order valence-corrected chi connectivity index (χ2v) is 11.6. The van der Waals surface area contributed by atoms with Crippen LogP contribution in [-0.4, -0.2) is 97.2 Å². The van der Waals surface area contributed by atoms with Gasteiger partial charge in [-0.2, -0.15) is 0 Å². The predicted octanol–water partition coefficient (Wildman–Crippen LogP) is 4.50. The van der Waals surface area contributed by atoms with Gasteiger partial charge in [0.1, 0.15) is 11.9 Å². The summed E-state index contributed by atoms with van der Waals surface area (Å²) in [6.07, 6.45) is 0.629. The molecule has 1 aliphatic rings. The molecule has 0 aromatic heterocycles. The lowest BCUT2D eigenvalue weighted by molar-refractivity contribution is -0.116. The Balaban J connectivity index is 1.54. The Bertz CT molecular complexity index is 1440. The van der Waals surface area contributed by atoms with Crippen LogP contribution < -0.4 is 15.4 Å². The van der Waals surface area contributed by atoms with Gasteiger partial charge in [0.2, 0.25) is 5.91 Å². The summed E-state index contributed by atoms with van der Waals surface area (Å²) in [5.74, 6) is -0.209. The third-order valence-corrected chi connectivity index (χ3v) is 7.79. The molecule has 4 amide bonds. The largest absolute Gasteiger partial charge is 0.487 e. The molecule has 3 aromatic carbocycles. The van der Waals surface area contributed by atoms with Crippen LogP contribution in [0, 0.1) is 5.92 Å². The van der Waals surface area contributed by atoms with Gasteiger partial charge in [-0.25, -0.2) is 4.79 Å². The zero-order valence-corrected chi connectivity index (χ0v) is 25.7. The molecule has 0 aliphatic carbocycles. The quantitative estimate of drug-likeness (QED) is 0.321. The molecule has 0 saturated heterocycles. The first kappa shape index (κ1) is 31.8. The molecule has 0 saturated carbocycles. The summed E-state index contributed by atoms with van der Waals surface area (Å²) in [5, 5.41) is 17.8. The zero-order valence-electron chi connectivity index (χ0n) is 25.7. The normalized spacial score (nSPS) is 17.5. The molecule has 0 fully saturated rings. The maximum atomic E-state index is 13.7. The van der Waals surface area contributed by atoms with Crippen LogP contribution in [0.3, 0.4) is 0 Å². The maximum Gasteiger partial charge on any atom is 0.321 e. The first-order valence-corrected chi connectivity index (χ1v) is 14.7. The molecule has 10 heteroatoms. The summed E-state index contributed by atoms with van der Waals surface area (Å²) >= 11 is 0. The molecular formula is C33H43N5O5. The third kappa shape index (κ3) is 8.03. The first-order valence-electron chi connectivity index (χ1n) is 14.7. The SMILES string of the molecule is C[C@H](CO)N1C[C@H](C)[C@H](CN(C)C(=O)Nc2cccc3ccccc23)Oc2ccc(NC(=O)CCCN(C)C)cc2C1=O. The number of amides is 4. The van der Waals surface area contributed by atoms with Crippen LogP contribution in [0.4, 0.5) is 16.2 Å². The number of hydrogen-bond acceptors (Lipinski definition) is 6. The van der Waals surface area contributed by atoms with E-state index in [9.17, 15) is 19.5 Å². The number of ether oxygens (including phenoxy) is 1. The van der Waals surface area contributed by atoms with Crippen molar-refractivity contribution >= 4 is 40.0 Å². The van der Waals surface area contributed by atoms with E-state index in [1.807, 2.05) is 68.4 Å². The molecule has 4 rings (SSSR count). The van der Waals surface area contributed by atoms with Gasteiger partial charge in [-0.05, 0) is 63.6 Å². The van der Waals surface area contributed by atoms with Crippen molar-refractivity contribution in [1.82, 2.24) is 14.7 Å². The van der Waals surface area contributed by atoms with E-state index in [-0.39, 0.29) is 36.9 Å². The summed E-state index contributed by atoms with van der Waals surface area (Å²) in [4.78, 5) is 44.8. The van der Waals surface area contributed by atoms with Gasteiger partial charge in [0.15, 0.2) is 0 Å². The monoisotopic (exact) mass is 589 g/mol. The fourth-order valence-corrected chi connectivity index (χ4v) is 5.20. The highest BCUT2D eigenvalue weighted by atomic mass is 16.5. The smallest absolute Gasteiger partial charge is 0.321 e. The first-order chi connectivity index (χ1) is 20.6. The second-order valence-electron chi connectivity index (χ2n) is 11.6. The zero-order chi connectivity index (χ0) is 31.1. The van der Waals surface area contributed by atoms with Crippen molar-refractivity contribution in [1.29, 1.82) is 0 Å². The Morgan fingerprint density at radius 1 is 1.07 bits per heavy atom. The van der Waals surface area contributed by atoms with Gasteiger partial charge in [-0.3, -0.25) is 9.59 Å². The molecule has 3 atom stereocenters. The van der Waals surface area contributed by atoms with E-state index in [1.165, 1.54) is 0 Å². The Labute approximate surface area is 253 Å². The number of aliphatic hydroxyl groups is 1. The van der Waals surface area contributed by atoms with Crippen LogP contribution in [0.2, 0.25) is 0 Å². The molecule has 0 unspecified atom stereocenters. The number of hydrogen-bond donors (Lipinski definition) is 3. The molecule has 1 heterocycles. The van der Waals surface area contributed by atoms with Crippen molar-refractivity contribution in [3.05, 3.63) is 66.2 Å². The number of nitrogens with one attached hydrogen (secondary N) is 2. The highest BCUT2D eigenvalue weighted by molar-refractivity contribution is 6.02. The van der Waals surface area contributed by atoms with Crippen molar-refractivity contribution in [3.63, 3.8) is 0 Å². The number of benzene rings is 3. The average molecular weight is 590 g/mol. The molecule has 0 bridgehead atoms. The van der Waals surface area contributed by atoms with E-state index in [0.29, 0.717) is 30.0 Å². The van der Waals surface area contributed by atoms with Crippen molar-refractivity contribution in [2.45, 2.75) is 38.8 Å². The van der Waals surface area contributed by atoms with E-state index in [2.05, 4.69) is 10.6 Å². The van der Waals surface area contributed by atoms with Crippen LogP contribution in [0.15, 0.2) is 60.7 Å². The van der Waals surface area contributed by atoms with Crippen molar-refractivity contribution < 1.29 is 24.2 Å². The minimum Gasteiger partial charge on any atom is -0.487 e. The minimum atomic E-state index is -0.449. The van der Waals surface area contributed by atoms with Gasteiger partial charge in [0.05, 0.1) is 30.4 Å². The molecule has 10 nitrogen and oxygen atoms in total. The standard InChI is InChI=1S/C33H43N5O5/c1-22-19-38(23(2)21-39)32(41)27-18-25(34-31(40)14-9-17-36(3)4)15-16-29(27)43-30(22)20-37(5)33(42)35-28-13-8-11-24-10-6-7-12-26(24)28/h6-8,10-13,15-16,18,22-23,30,39H,9,14,17,19-21H2,1-5H3,(H,34,40)(H,35,42)/t22-,23+,30-/m0/s1. The van der Waals surface area contributed by atoms with Crippen molar-refractivity contribution in [3.8, 4) is 5.75 Å². The highest BCUT2D eigenvalue weighted by Gasteiger charge is 2.34. The second kappa shape index (κ2) is 14.3. The van der Waals surface area contributed by atoms with Gasteiger partial charge in [-0.1, -0.05) is 43.3 Å². The Hall–Kier alpha value is -4.15. The molecular weight excluding hydrogens is 546 g/mol. The summed E-state index contributed by atoms with van der Waals surface area (Å²) in [6, 6.07) is 18.0. The number of urea groups is 1. The Kier molecular flexibility index (Phi) is 10.6. The maximum absolute atomic E-state index is 13.7. The van der Waals surface area contributed by atoms with Crippen LogP contribution in [-0.2, 0) is 4.79 Å². The van der Waals surface area contributed by atoms with Crippen molar-refractivity contribution in [2.75, 3.05) is 58.0 Å². The van der Waals surface area contributed by atoms with E-state index in [1.54, 1.807) is 42.0 Å². The number of carbonyl (C=O) groups excluding carboxylic acids is 3. The minimum absolute atomic E-state index is 0.132. The fourth-order valence-electron chi connectivity index (χ4n) is 5.20. The van der Waals surface area contributed by atoms with Crippen LogP contribution in [0.25, 0.3) is 10.8 Å². The number of rotatable bonds is 10. The number of nitrogens with zero attached hydrogens (tertiary/aromatic N) is 3. The number of aliphatic hydroxyl groups excluding tert-OH is 1. The van der Waals surface area contributed by atoms with Gasteiger partial charge in [0, 0.05) is 37.0 Å². The number of carbonyl (C=O) groups is 3. The van der Waals surface area contributed by atoms with Crippen molar-refractivity contribution in [2.24, 2.45) is 5.92 Å². The number of fused-ring (bicyclic) bond motifs is 2. The summed E-state index contributed by atoms with van der Waals surface area (Å²) in [6.45, 7) is 4.95. The average Bonchev–Trinajstić information content (AvgIpc) is 2.98. The third-order valence-electron chi connectivity index (χ3n) is 7.79. The Morgan fingerprint density at radius 2 is 1.81 bits per heavy atom. The molecule has 3 N–H and O–H groups in total. The summed E-state index contributed by atoms with van der Waals surface area (Å²) in [5.41, 5.74) is 1.52. The predicted molar refractivity (Wildman–Crippen MR) is 170 cm³/mol. The van der Waals surface area contributed by atoms with Gasteiger partial charge in [-0.15, -0.1) is 0 Å². The Morgan fingerprint density at radius 3 is 2.56 bits per heavy atom. The van der Waals surface area contributed by atoms with Gasteiger partial charge >= 0.3 is 6.03 Å². The molecule has 3 aromatic rings. The van der Waals surface area contributed by atoms with Crippen LogP contribution >= 0.6 is 0 Å². The number of likely N-dealkylation sites (N-methyl/N-ethyl adjacent to an activating group) is 1. The molecule has 0 radical (unpaired) electrons. The molecule has 1 aliphatic heterocycles. The fraction of sp³-hybridized carbons (Fsp3) is 0.424. The van der Waals surface area contributed by atoms with E-state index < -0.39 is 12.1 Å². The van der Waals surface area contributed by atoms with Gasteiger partial charge < -0.3 is 35.2 Å². The van der Waals surface area contributed by atoms with E-state index >= 15 is 0 Å². The molecule has 0 spiro atoms. The topological polar surface area (TPSA) is 114 Å². The van der Waals surface area contributed by atoms with E-state index in [4.69, 9.17) is 4.74 Å². The lowest BCUT2D eigenvalue weighted by Crippen LogP contribution is -2.50. The molecule has 43 heavy (non-hydrogen) atoms.